The van der Waals surface area contributed by atoms with Gasteiger partial charge in [-0.25, -0.2) is 4.98 Å². The number of hydrogen-bond acceptors (Lipinski definition) is 5. The molecule has 0 saturated carbocycles. The Morgan fingerprint density at radius 3 is 2.56 bits per heavy atom. The molecule has 0 radical (unpaired) electrons. The number of furan rings is 1. The number of aryl methyl sites for hydroxylation is 1. The van der Waals surface area contributed by atoms with Gasteiger partial charge >= 0.3 is 0 Å². The quantitative estimate of drug-likeness (QED) is 0.684. The van der Waals surface area contributed by atoms with Crippen molar-refractivity contribution in [2.75, 3.05) is 10.6 Å². The average molecular weight is 336 g/mol. The van der Waals surface area contributed by atoms with E-state index >= 15 is 0 Å². The molecule has 0 spiro atoms. The minimum absolute atomic E-state index is 0.0355. The normalized spacial score (nSPS) is 11.4. The van der Waals surface area contributed by atoms with Crippen molar-refractivity contribution in [2.45, 2.75) is 39.7 Å². The van der Waals surface area contributed by atoms with Crippen LogP contribution in [-0.2, 0) is 12.0 Å². The molecule has 0 bridgehead atoms. The van der Waals surface area contributed by atoms with Crippen molar-refractivity contribution in [1.29, 1.82) is 0 Å². The first kappa shape index (κ1) is 17.0. The van der Waals surface area contributed by atoms with Crippen molar-refractivity contribution >= 4 is 17.5 Å². The van der Waals surface area contributed by atoms with E-state index in [2.05, 4.69) is 59.6 Å². The van der Waals surface area contributed by atoms with E-state index in [1.807, 2.05) is 31.2 Å². The van der Waals surface area contributed by atoms with Crippen molar-refractivity contribution < 1.29 is 4.42 Å². The Balaban J connectivity index is 1.81. The van der Waals surface area contributed by atoms with Crippen LogP contribution in [0, 0.1) is 6.92 Å². The van der Waals surface area contributed by atoms with Gasteiger partial charge in [-0.3, -0.25) is 0 Å². The second-order valence-corrected chi connectivity index (χ2v) is 7.07. The lowest BCUT2D eigenvalue weighted by molar-refractivity contribution is 0.518. The van der Waals surface area contributed by atoms with Crippen LogP contribution >= 0.6 is 0 Å². The van der Waals surface area contributed by atoms with E-state index in [-0.39, 0.29) is 5.41 Å². The molecule has 1 aromatic carbocycles. The highest BCUT2D eigenvalue weighted by Gasteiger charge is 2.18. The van der Waals surface area contributed by atoms with Gasteiger partial charge in [0.25, 0.3) is 0 Å². The molecule has 0 amide bonds. The van der Waals surface area contributed by atoms with Crippen LogP contribution < -0.4 is 10.6 Å². The molecule has 0 aliphatic heterocycles. The molecule has 2 aromatic heterocycles. The number of aromatic nitrogens is 2. The van der Waals surface area contributed by atoms with Gasteiger partial charge in [-0.1, -0.05) is 39.0 Å². The molecular weight excluding hydrogens is 312 g/mol. The predicted octanol–water partition coefficient (Wildman–Crippen LogP) is 5.03. The number of benzene rings is 1. The third kappa shape index (κ3) is 4.38. The highest BCUT2D eigenvalue weighted by atomic mass is 16.3. The van der Waals surface area contributed by atoms with Crippen LogP contribution in [0.5, 0.6) is 0 Å². The molecule has 25 heavy (non-hydrogen) atoms. The number of nitrogens with zero attached hydrogens (tertiary/aromatic N) is 2. The van der Waals surface area contributed by atoms with Crippen LogP contribution in [-0.4, -0.2) is 9.97 Å². The number of anilines is 3. The fourth-order valence-electron chi connectivity index (χ4n) is 2.67. The maximum absolute atomic E-state index is 5.34. The monoisotopic (exact) mass is 336 g/mol. The Bertz CT molecular complexity index is 835. The number of nitrogens with one attached hydrogen (secondary N) is 2. The summed E-state index contributed by atoms with van der Waals surface area (Å²) in [4.78, 5) is 9.09. The first-order chi connectivity index (χ1) is 11.9. The first-order valence-electron chi connectivity index (χ1n) is 8.40. The SMILES string of the molecule is Cc1cc(NCc2ccco2)nc(Nc2ccccc2C(C)(C)C)n1. The minimum Gasteiger partial charge on any atom is -0.467 e. The van der Waals surface area contributed by atoms with E-state index in [1.165, 1.54) is 5.56 Å². The van der Waals surface area contributed by atoms with Crippen LogP contribution in [0.3, 0.4) is 0 Å². The third-order valence-corrected chi connectivity index (χ3v) is 3.86. The summed E-state index contributed by atoms with van der Waals surface area (Å²) >= 11 is 0. The van der Waals surface area contributed by atoms with Gasteiger partial charge in [0.05, 0.1) is 12.8 Å². The van der Waals surface area contributed by atoms with Crippen molar-refractivity contribution in [3.63, 3.8) is 0 Å². The molecule has 0 atom stereocenters. The zero-order valence-electron chi connectivity index (χ0n) is 15.1. The van der Waals surface area contributed by atoms with Gasteiger partial charge < -0.3 is 15.1 Å². The second-order valence-electron chi connectivity index (χ2n) is 7.07. The van der Waals surface area contributed by atoms with E-state index < -0.39 is 0 Å². The highest BCUT2D eigenvalue weighted by molar-refractivity contribution is 5.61. The highest BCUT2D eigenvalue weighted by Crippen LogP contribution is 2.30. The first-order valence-corrected chi connectivity index (χ1v) is 8.40. The van der Waals surface area contributed by atoms with Gasteiger partial charge in [0.1, 0.15) is 11.6 Å². The summed E-state index contributed by atoms with van der Waals surface area (Å²) in [5, 5.41) is 6.64. The molecular formula is C20H24N4O. The van der Waals surface area contributed by atoms with Crippen LogP contribution in [0.1, 0.15) is 37.8 Å². The zero-order valence-corrected chi connectivity index (χ0v) is 15.1. The fourth-order valence-corrected chi connectivity index (χ4v) is 2.67. The minimum atomic E-state index is 0.0355. The maximum Gasteiger partial charge on any atom is 0.229 e. The molecule has 3 rings (SSSR count). The van der Waals surface area contributed by atoms with Crippen LogP contribution in [0.2, 0.25) is 0 Å². The Morgan fingerprint density at radius 1 is 1.04 bits per heavy atom. The Labute approximate surface area is 148 Å². The summed E-state index contributed by atoms with van der Waals surface area (Å²) in [6, 6.07) is 14.0. The molecule has 2 N–H and O–H groups in total. The number of hydrogen-bond donors (Lipinski definition) is 2. The lowest BCUT2D eigenvalue weighted by Crippen LogP contribution is -2.14. The van der Waals surface area contributed by atoms with Gasteiger partial charge in [-0.15, -0.1) is 0 Å². The second kappa shape index (κ2) is 6.97. The third-order valence-electron chi connectivity index (χ3n) is 3.86. The molecule has 130 valence electrons. The molecule has 0 aliphatic rings. The zero-order chi connectivity index (χ0) is 17.9. The van der Waals surface area contributed by atoms with Crippen molar-refractivity contribution in [3.8, 4) is 0 Å². The van der Waals surface area contributed by atoms with Crippen molar-refractivity contribution in [2.24, 2.45) is 0 Å². The standard InChI is InChI=1S/C20H24N4O/c1-14-12-18(21-13-15-8-7-11-25-15)24-19(22-14)23-17-10-6-5-9-16(17)20(2,3)4/h5-12H,13H2,1-4H3,(H2,21,22,23,24). The Hall–Kier alpha value is -2.82. The Kier molecular flexibility index (Phi) is 4.74. The molecule has 5 heteroatoms. The van der Waals surface area contributed by atoms with Gasteiger partial charge in [-0.05, 0) is 36.1 Å². The van der Waals surface area contributed by atoms with Crippen molar-refractivity contribution in [3.05, 3.63) is 65.7 Å². The van der Waals surface area contributed by atoms with Gasteiger partial charge in [0, 0.05) is 17.4 Å². The molecule has 0 fully saturated rings. The Morgan fingerprint density at radius 2 is 1.84 bits per heavy atom. The summed E-state index contributed by atoms with van der Waals surface area (Å²) in [6.07, 6.45) is 1.67. The van der Waals surface area contributed by atoms with Crippen LogP contribution in [0.4, 0.5) is 17.5 Å². The maximum atomic E-state index is 5.34. The largest absolute Gasteiger partial charge is 0.467 e. The lowest BCUT2D eigenvalue weighted by Gasteiger charge is -2.23. The average Bonchev–Trinajstić information content (AvgIpc) is 3.05. The van der Waals surface area contributed by atoms with Crippen LogP contribution in [0.15, 0.2) is 53.1 Å². The van der Waals surface area contributed by atoms with E-state index in [0.717, 1.165) is 23.0 Å². The fraction of sp³-hybridized carbons (Fsp3) is 0.300. The molecule has 0 saturated heterocycles. The summed E-state index contributed by atoms with van der Waals surface area (Å²) in [5.74, 6) is 2.21. The predicted molar refractivity (Wildman–Crippen MR) is 101 cm³/mol. The summed E-state index contributed by atoms with van der Waals surface area (Å²) < 4.78 is 5.34. The molecule has 0 unspecified atom stereocenters. The molecule has 2 heterocycles. The molecule has 5 nitrogen and oxygen atoms in total. The van der Waals surface area contributed by atoms with E-state index in [4.69, 9.17) is 4.42 Å². The number of rotatable bonds is 5. The van der Waals surface area contributed by atoms with Gasteiger partial charge in [0.15, 0.2) is 0 Å². The van der Waals surface area contributed by atoms with Gasteiger partial charge in [0.2, 0.25) is 5.95 Å². The van der Waals surface area contributed by atoms with Crippen molar-refractivity contribution in [1.82, 2.24) is 9.97 Å². The van der Waals surface area contributed by atoms with E-state index in [9.17, 15) is 0 Å². The lowest BCUT2D eigenvalue weighted by atomic mass is 9.86. The number of para-hydroxylation sites is 1. The van der Waals surface area contributed by atoms with E-state index in [1.54, 1.807) is 6.26 Å². The summed E-state index contributed by atoms with van der Waals surface area (Å²) in [6.45, 7) is 9.13. The van der Waals surface area contributed by atoms with Gasteiger partial charge in [-0.2, -0.15) is 4.98 Å². The summed E-state index contributed by atoms with van der Waals surface area (Å²) in [5.41, 5.74) is 3.18. The topological polar surface area (TPSA) is 63.0 Å². The smallest absolute Gasteiger partial charge is 0.229 e. The molecule has 3 aromatic rings. The molecule has 0 aliphatic carbocycles. The van der Waals surface area contributed by atoms with E-state index in [0.29, 0.717) is 12.5 Å². The summed E-state index contributed by atoms with van der Waals surface area (Å²) in [7, 11) is 0. The van der Waals surface area contributed by atoms with Crippen LogP contribution in [0.25, 0.3) is 0 Å².